The molecule has 0 spiro atoms. The summed E-state index contributed by atoms with van der Waals surface area (Å²) in [5.41, 5.74) is 3.78. The quantitative estimate of drug-likeness (QED) is 0.385. The third kappa shape index (κ3) is 2.54. The number of hydrogen-bond donors (Lipinski definition) is 3. The third-order valence-corrected chi connectivity index (χ3v) is 2.62. The SMILES string of the molecule is NNC(=O)CCN1CC(=O)Nc2ccccc21. The van der Waals surface area contributed by atoms with Crippen LogP contribution in [0.3, 0.4) is 0 Å². The fourth-order valence-corrected chi connectivity index (χ4v) is 1.81. The van der Waals surface area contributed by atoms with E-state index in [2.05, 4.69) is 10.7 Å². The number of hydrogen-bond acceptors (Lipinski definition) is 4. The number of fused-ring (bicyclic) bond motifs is 1. The molecule has 1 aromatic carbocycles. The maximum atomic E-state index is 11.5. The Morgan fingerprint density at radius 1 is 1.47 bits per heavy atom. The van der Waals surface area contributed by atoms with E-state index in [1.165, 1.54) is 0 Å². The molecule has 1 heterocycles. The molecule has 0 atom stereocenters. The summed E-state index contributed by atoms with van der Waals surface area (Å²) in [6, 6.07) is 7.50. The largest absolute Gasteiger partial charge is 0.360 e. The Hall–Kier alpha value is -2.08. The first kappa shape index (κ1) is 11.4. The van der Waals surface area contributed by atoms with E-state index in [1.54, 1.807) is 0 Å². The number of rotatable bonds is 3. The summed E-state index contributed by atoms with van der Waals surface area (Å²) in [6.45, 7) is 0.725. The van der Waals surface area contributed by atoms with E-state index >= 15 is 0 Å². The normalized spacial score (nSPS) is 13.9. The summed E-state index contributed by atoms with van der Waals surface area (Å²) in [6.07, 6.45) is 0.262. The van der Waals surface area contributed by atoms with Crippen molar-refractivity contribution in [1.29, 1.82) is 0 Å². The minimum Gasteiger partial charge on any atom is -0.360 e. The molecule has 0 fully saturated rings. The molecule has 2 rings (SSSR count). The predicted molar refractivity (Wildman–Crippen MR) is 64.2 cm³/mol. The Balaban J connectivity index is 2.12. The highest BCUT2D eigenvalue weighted by molar-refractivity contribution is 6.01. The van der Waals surface area contributed by atoms with Crippen LogP contribution in [0.5, 0.6) is 0 Å². The van der Waals surface area contributed by atoms with Crippen molar-refractivity contribution in [2.75, 3.05) is 23.3 Å². The molecule has 1 aliphatic heterocycles. The Bertz CT molecular complexity index is 447. The van der Waals surface area contributed by atoms with E-state index in [0.29, 0.717) is 6.54 Å². The van der Waals surface area contributed by atoms with Crippen LogP contribution in [0.15, 0.2) is 24.3 Å². The van der Waals surface area contributed by atoms with Crippen LogP contribution in [-0.4, -0.2) is 24.9 Å². The number of para-hydroxylation sites is 2. The second kappa shape index (κ2) is 4.84. The highest BCUT2D eigenvalue weighted by atomic mass is 16.2. The first-order valence-corrected chi connectivity index (χ1v) is 5.34. The molecule has 0 saturated carbocycles. The van der Waals surface area contributed by atoms with Crippen molar-refractivity contribution in [2.45, 2.75) is 6.42 Å². The molecule has 0 saturated heterocycles. The molecule has 0 aliphatic carbocycles. The van der Waals surface area contributed by atoms with Gasteiger partial charge >= 0.3 is 0 Å². The summed E-state index contributed by atoms with van der Waals surface area (Å²) < 4.78 is 0. The van der Waals surface area contributed by atoms with Gasteiger partial charge in [-0.05, 0) is 12.1 Å². The number of nitrogens with zero attached hydrogens (tertiary/aromatic N) is 1. The van der Waals surface area contributed by atoms with Gasteiger partial charge in [0.05, 0.1) is 17.9 Å². The lowest BCUT2D eigenvalue weighted by molar-refractivity contribution is -0.121. The Labute approximate surface area is 98.7 Å². The molecule has 1 aromatic rings. The fraction of sp³-hybridized carbons (Fsp3) is 0.273. The van der Waals surface area contributed by atoms with Crippen LogP contribution in [0.4, 0.5) is 11.4 Å². The van der Waals surface area contributed by atoms with E-state index in [0.717, 1.165) is 11.4 Å². The first-order chi connectivity index (χ1) is 8.20. The highest BCUT2D eigenvalue weighted by Crippen LogP contribution is 2.28. The second-order valence-electron chi connectivity index (χ2n) is 3.80. The lowest BCUT2D eigenvalue weighted by Gasteiger charge is -2.30. The van der Waals surface area contributed by atoms with Gasteiger partial charge in [-0.2, -0.15) is 0 Å². The van der Waals surface area contributed by atoms with Gasteiger partial charge in [-0.3, -0.25) is 15.0 Å². The maximum absolute atomic E-state index is 11.5. The molecular formula is C11H14N4O2. The van der Waals surface area contributed by atoms with Crippen molar-refractivity contribution in [3.8, 4) is 0 Å². The Kier molecular flexibility index (Phi) is 3.24. The molecule has 0 unspecified atom stereocenters. The standard InChI is InChI=1S/C11H14N4O2/c12-14-10(16)5-6-15-7-11(17)13-8-3-1-2-4-9(8)15/h1-4H,5-7,12H2,(H,13,17)(H,14,16). The van der Waals surface area contributed by atoms with Crippen molar-refractivity contribution in [1.82, 2.24) is 5.43 Å². The predicted octanol–water partition coefficient (Wildman–Crippen LogP) is -0.175. The van der Waals surface area contributed by atoms with Gasteiger partial charge in [0, 0.05) is 13.0 Å². The van der Waals surface area contributed by atoms with Gasteiger partial charge in [-0.25, -0.2) is 5.84 Å². The fourth-order valence-electron chi connectivity index (χ4n) is 1.81. The van der Waals surface area contributed by atoms with Crippen LogP contribution < -0.4 is 21.5 Å². The number of hydrazine groups is 1. The van der Waals surface area contributed by atoms with Gasteiger partial charge in [0.15, 0.2) is 0 Å². The molecule has 17 heavy (non-hydrogen) atoms. The molecule has 6 nitrogen and oxygen atoms in total. The molecule has 0 bridgehead atoms. The second-order valence-corrected chi connectivity index (χ2v) is 3.80. The summed E-state index contributed by atoms with van der Waals surface area (Å²) in [7, 11) is 0. The summed E-state index contributed by atoms with van der Waals surface area (Å²) in [5.74, 6) is 4.70. The topological polar surface area (TPSA) is 87.5 Å². The molecule has 1 aliphatic rings. The Morgan fingerprint density at radius 3 is 3.00 bits per heavy atom. The zero-order valence-corrected chi connectivity index (χ0v) is 9.27. The van der Waals surface area contributed by atoms with Crippen molar-refractivity contribution in [3.05, 3.63) is 24.3 Å². The van der Waals surface area contributed by atoms with Gasteiger partial charge in [-0.1, -0.05) is 12.1 Å². The monoisotopic (exact) mass is 234 g/mol. The Morgan fingerprint density at radius 2 is 2.24 bits per heavy atom. The van der Waals surface area contributed by atoms with E-state index in [1.807, 2.05) is 29.2 Å². The lowest BCUT2D eigenvalue weighted by atomic mass is 10.2. The zero-order chi connectivity index (χ0) is 12.3. The van der Waals surface area contributed by atoms with E-state index < -0.39 is 0 Å². The summed E-state index contributed by atoms with van der Waals surface area (Å²) >= 11 is 0. The van der Waals surface area contributed by atoms with Gasteiger partial charge in [0.25, 0.3) is 0 Å². The minimum absolute atomic E-state index is 0.0724. The number of benzene rings is 1. The van der Waals surface area contributed by atoms with Crippen LogP contribution in [-0.2, 0) is 9.59 Å². The van der Waals surface area contributed by atoms with E-state index in [-0.39, 0.29) is 24.8 Å². The van der Waals surface area contributed by atoms with E-state index in [9.17, 15) is 9.59 Å². The zero-order valence-electron chi connectivity index (χ0n) is 9.27. The van der Waals surface area contributed by atoms with Crippen molar-refractivity contribution < 1.29 is 9.59 Å². The van der Waals surface area contributed by atoms with E-state index in [4.69, 9.17) is 5.84 Å². The maximum Gasteiger partial charge on any atom is 0.243 e. The molecule has 4 N–H and O–H groups in total. The number of anilines is 2. The average molecular weight is 234 g/mol. The van der Waals surface area contributed by atoms with Crippen LogP contribution in [0.2, 0.25) is 0 Å². The number of carbonyl (C=O) groups is 2. The minimum atomic E-state index is -0.242. The average Bonchev–Trinajstić information content (AvgIpc) is 2.35. The molecular weight excluding hydrogens is 220 g/mol. The third-order valence-electron chi connectivity index (χ3n) is 2.62. The van der Waals surface area contributed by atoms with Crippen LogP contribution >= 0.6 is 0 Å². The van der Waals surface area contributed by atoms with Gasteiger partial charge < -0.3 is 10.2 Å². The first-order valence-electron chi connectivity index (χ1n) is 5.34. The van der Waals surface area contributed by atoms with Crippen molar-refractivity contribution >= 4 is 23.2 Å². The lowest BCUT2D eigenvalue weighted by Crippen LogP contribution is -2.41. The number of carbonyl (C=O) groups excluding carboxylic acids is 2. The molecule has 0 aromatic heterocycles. The smallest absolute Gasteiger partial charge is 0.243 e. The van der Waals surface area contributed by atoms with Gasteiger partial charge in [-0.15, -0.1) is 0 Å². The number of amides is 2. The van der Waals surface area contributed by atoms with Gasteiger partial charge in [0.2, 0.25) is 11.8 Å². The van der Waals surface area contributed by atoms with Crippen LogP contribution in [0, 0.1) is 0 Å². The molecule has 2 amide bonds. The number of nitrogens with one attached hydrogen (secondary N) is 2. The highest BCUT2D eigenvalue weighted by Gasteiger charge is 2.21. The summed E-state index contributed by atoms with van der Waals surface area (Å²) in [4.78, 5) is 24.4. The van der Waals surface area contributed by atoms with Crippen molar-refractivity contribution in [3.63, 3.8) is 0 Å². The van der Waals surface area contributed by atoms with Crippen LogP contribution in [0.1, 0.15) is 6.42 Å². The molecule has 90 valence electrons. The van der Waals surface area contributed by atoms with Crippen molar-refractivity contribution in [2.24, 2.45) is 5.84 Å². The van der Waals surface area contributed by atoms with Gasteiger partial charge in [0.1, 0.15) is 0 Å². The molecule has 6 heteroatoms. The summed E-state index contributed by atoms with van der Waals surface area (Å²) in [5, 5.41) is 2.79. The number of nitrogens with two attached hydrogens (primary N) is 1. The van der Waals surface area contributed by atoms with Crippen LogP contribution in [0.25, 0.3) is 0 Å². The molecule has 0 radical (unpaired) electrons.